The number of nitrogens with zero attached hydrogens (tertiary/aromatic N) is 1. The van der Waals surface area contributed by atoms with Gasteiger partial charge in [0.1, 0.15) is 5.82 Å². The van der Waals surface area contributed by atoms with Crippen LogP contribution in [0.25, 0.3) is 5.57 Å². The molecule has 64 valence electrons. The first-order chi connectivity index (χ1) is 5.74. The molecule has 0 aromatic carbocycles. The lowest BCUT2D eigenvalue weighted by Gasteiger charge is -2.03. The van der Waals surface area contributed by atoms with Crippen LogP contribution in [-0.2, 0) is 0 Å². The molecule has 0 saturated heterocycles. The van der Waals surface area contributed by atoms with Gasteiger partial charge >= 0.3 is 0 Å². The number of nitrogen functional groups attached to an aromatic ring is 1. The van der Waals surface area contributed by atoms with Gasteiger partial charge in [-0.05, 0) is 29.7 Å². The third-order valence-electron chi connectivity index (χ3n) is 1.74. The second-order valence-electron chi connectivity index (χ2n) is 2.82. The van der Waals surface area contributed by atoms with E-state index in [-0.39, 0.29) is 0 Å². The van der Waals surface area contributed by atoms with E-state index in [1.165, 1.54) is 0 Å². The zero-order valence-electron chi connectivity index (χ0n) is 7.38. The summed E-state index contributed by atoms with van der Waals surface area (Å²) in [4.78, 5) is 3.92. The van der Waals surface area contributed by atoms with Gasteiger partial charge in [0.2, 0.25) is 0 Å². The van der Waals surface area contributed by atoms with E-state index in [1.807, 2.05) is 12.1 Å². The van der Waals surface area contributed by atoms with Crippen molar-refractivity contribution in [2.24, 2.45) is 0 Å². The van der Waals surface area contributed by atoms with Gasteiger partial charge in [-0.3, -0.25) is 0 Å². The molecule has 1 aromatic rings. The van der Waals surface area contributed by atoms with Gasteiger partial charge < -0.3 is 5.73 Å². The van der Waals surface area contributed by atoms with E-state index >= 15 is 0 Å². The van der Waals surface area contributed by atoms with Crippen molar-refractivity contribution >= 4 is 11.4 Å². The molecule has 0 aliphatic heterocycles. The molecule has 0 atom stereocenters. The normalized spacial score (nSPS) is 9.75. The molecule has 0 spiro atoms. The maximum absolute atomic E-state index is 5.54. The van der Waals surface area contributed by atoms with Gasteiger partial charge in [-0.15, -0.1) is 0 Å². The highest BCUT2D eigenvalue weighted by Crippen LogP contribution is 2.17. The lowest BCUT2D eigenvalue weighted by Crippen LogP contribution is -1.91. The third kappa shape index (κ3) is 2.09. The maximum Gasteiger partial charge on any atom is 0.123 e. The van der Waals surface area contributed by atoms with Crippen LogP contribution in [0.1, 0.15) is 25.3 Å². The first kappa shape index (κ1) is 8.78. The van der Waals surface area contributed by atoms with Crippen molar-refractivity contribution < 1.29 is 0 Å². The molecule has 1 rings (SSSR count). The molecule has 2 N–H and O–H groups in total. The van der Waals surface area contributed by atoms with Crippen LogP contribution in [0.3, 0.4) is 0 Å². The van der Waals surface area contributed by atoms with Crippen molar-refractivity contribution in [3.63, 3.8) is 0 Å². The summed E-state index contributed by atoms with van der Waals surface area (Å²) in [6.45, 7) is 6.11. The molecule has 2 nitrogen and oxygen atoms in total. The first-order valence-corrected chi connectivity index (χ1v) is 4.13. The minimum Gasteiger partial charge on any atom is -0.384 e. The Kier molecular flexibility index (Phi) is 2.86. The Morgan fingerprint density at radius 3 is 3.00 bits per heavy atom. The van der Waals surface area contributed by atoms with Crippen LogP contribution in [0.15, 0.2) is 24.9 Å². The molecule has 12 heavy (non-hydrogen) atoms. The van der Waals surface area contributed by atoms with Gasteiger partial charge in [0.25, 0.3) is 0 Å². The molecule has 0 bridgehead atoms. The largest absolute Gasteiger partial charge is 0.384 e. The van der Waals surface area contributed by atoms with Gasteiger partial charge in [-0.1, -0.05) is 19.9 Å². The average molecular weight is 162 g/mol. The van der Waals surface area contributed by atoms with E-state index in [0.717, 1.165) is 24.0 Å². The molecular formula is C10H14N2. The monoisotopic (exact) mass is 162 g/mol. The Labute approximate surface area is 73.1 Å². The van der Waals surface area contributed by atoms with Crippen molar-refractivity contribution in [2.75, 3.05) is 5.73 Å². The highest BCUT2D eigenvalue weighted by molar-refractivity contribution is 5.64. The Hall–Kier alpha value is -1.31. The Bertz CT molecular complexity index is 279. The molecule has 0 radical (unpaired) electrons. The van der Waals surface area contributed by atoms with Crippen LogP contribution in [0.2, 0.25) is 0 Å². The Balaban J connectivity index is 2.81. The van der Waals surface area contributed by atoms with E-state index in [4.69, 9.17) is 5.73 Å². The third-order valence-corrected chi connectivity index (χ3v) is 1.74. The zero-order valence-corrected chi connectivity index (χ0v) is 7.38. The summed E-state index contributed by atoms with van der Waals surface area (Å²) in [5.74, 6) is 0.560. The van der Waals surface area contributed by atoms with Crippen molar-refractivity contribution in [2.45, 2.75) is 19.8 Å². The van der Waals surface area contributed by atoms with E-state index in [2.05, 4.69) is 18.5 Å². The first-order valence-electron chi connectivity index (χ1n) is 4.13. The molecule has 0 aliphatic carbocycles. The summed E-state index contributed by atoms with van der Waals surface area (Å²) in [5.41, 5.74) is 7.77. The number of anilines is 1. The summed E-state index contributed by atoms with van der Waals surface area (Å²) >= 11 is 0. The van der Waals surface area contributed by atoms with Crippen LogP contribution < -0.4 is 5.73 Å². The van der Waals surface area contributed by atoms with Crippen molar-refractivity contribution in [1.29, 1.82) is 0 Å². The van der Waals surface area contributed by atoms with E-state index in [0.29, 0.717) is 5.82 Å². The number of hydrogen-bond donors (Lipinski definition) is 1. The molecule has 1 heterocycles. The molecule has 0 unspecified atom stereocenters. The molecular weight excluding hydrogens is 148 g/mol. The molecule has 2 heteroatoms. The smallest absolute Gasteiger partial charge is 0.123 e. The van der Waals surface area contributed by atoms with Crippen LogP contribution >= 0.6 is 0 Å². The fourth-order valence-corrected chi connectivity index (χ4v) is 1.11. The van der Waals surface area contributed by atoms with Gasteiger partial charge in [0.15, 0.2) is 0 Å². The predicted molar refractivity (Wildman–Crippen MR) is 52.6 cm³/mol. The van der Waals surface area contributed by atoms with Gasteiger partial charge in [-0.25, -0.2) is 4.98 Å². The van der Waals surface area contributed by atoms with Crippen LogP contribution in [-0.4, -0.2) is 4.98 Å². The summed E-state index contributed by atoms with van der Waals surface area (Å²) in [5, 5.41) is 0. The number of allylic oxidation sites excluding steroid dienone is 1. The molecule has 0 fully saturated rings. The lowest BCUT2D eigenvalue weighted by molar-refractivity contribution is 0.975. The molecule has 1 aromatic heterocycles. The highest BCUT2D eigenvalue weighted by Gasteiger charge is 1.97. The van der Waals surface area contributed by atoms with Crippen LogP contribution in [0.4, 0.5) is 5.82 Å². The van der Waals surface area contributed by atoms with Crippen molar-refractivity contribution in [1.82, 2.24) is 4.98 Å². The number of rotatable bonds is 3. The average Bonchev–Trinajstić information content (AvgIpc) is 2.05. The minimum absolute atomic E-state index is 0.560. The lowest BCUT2D eigenvalue weighted by atomic mass is 10.0. The SMILES string of the molecule is C=C(CCC)c1ccnc(N)c1. The number of pyridine rings is 1. The second-order valence-corrected chi connectivity index (χ2v) is 2.82. The Morgan fingerprint density at radius 2 is 2.42 bits per heavy atom. The van der Waals surface area contributed by atoms with Gasteiger partial charge in [-0.2, -0.15) is 0 Å². The van der Waals surface area contributed by atoms with Gasteiger partial charge in [0, 0.05) is 6.20 Å². The molecule has 0 aliphatic rings. The topological polar surface area (TPSA) is 38.9 Å². The minimum atomic E-state index is 0.560. The fraction of sp³-hybridized carbons (Fsp3) is 0.300. The second kappa shape index (κ2) is 3.90. The maximum atomic E-state index is 5.54. The molecule has 0 saturated carbocycles. The standard InChI is InChI=1S/C10H14N2/c1-3-4-8(2)9-5-6-12-10(11)7-9/h5-7H,2-4H2,1H3,(H2,11,12). The quantitative estimate of drug-likeness (QED) is 0.741. The van der Waals surface area contributed by atoms with Crippen molar-refractivity contribution in [3.05, 3.63) is 30.5 Å². The predicted octanol–water partition coefficient (Wildman–Crippen LogP) is 2.48. The van der Waals surface area contributed by atoms with Gasteiger partial charge in [0.05, 0.1) is 0 Å². The highest BCUT2D eigenvalue weighted by atomic mass is 14.8. The van der Waals surface area contributed by atoms with E-state index < -0.39 is 0 Å². The zero-order chi connectivity index (χ0) is 8.97. The number of nitrogens with two attached hydrogens (primary N) is 1. The summed E-state index contributed by atoms with van der Waals surface area (Å²) in [6.07, 6.45) is 3.84. The van der Waals surface area contributed by atoms with Crippen LogP contribution in [0.5, 0.6) is 0 Å². The summed E-state index contributed by atoms with van der Waals surface area (Å²) < 4.78 is 0. The Morgan fingerprint density at radius 1 is 1.67 bits per heavy atom. The number of hydrogen-bond acceptors (Lipinski definition) is 2. The van der Waals surface area contributed by atoms with E-state index in [9.17, 15) is 0 Å². The summed E-state index contributed by atoms with van der Waals surface area (Å²) in [7, 11) is 0. The number of aromatic nitrogens is 1. The summed E-state index contributed by atoms with van der Waals surface area (Å²) in [6, 6.07) is 3.80. The van der Waals surface area contributed by atoms with E-state index in [1.54, 1.807) is 6.20 Å². The fourth-order valence-electron chi connectivity index (χ4n) is 1.11. The molecule has 0 amide bonds. The van der Waals surface area contributed by atoms with Crippen LogP contribution in [0, 0.1) is 0 Å². The van der Waals surface area contributed by atoms with Crippen molar-refractivity contribution in [3.8, 4) is 0 Å².